The number of amides is 1. The summed E-state index contributed by atoms with van der Waals surface area (Å²) in [5.74, 6) is -0.0313. The maximum Gasteiger partial charge on any atom is 0.252 e. The van der Waals surface area contributed by atoms with E-state index in [-0.39, 0.29) is 6.10 Å². The fourth-order valence-electron chi connectivity index (χ4n) is 2.58. The Balaban J connectivity index is 2.03. The molecule has 2 aromatic heterocycles. The number of nitrogens with zero attached hydrogens (tertiary/aromatic N) is 3. The van der Waals surface area contributed by atoms with Gasteiger partial charge >= 0.3 is 0 Å². The molecule has 0 aliphatic carbocycles. The van der Waals surface area contributed by atoms with Crippen LogP contribution in [-0.4, -0.2) is 26.8 Å². The summed E-state index contributed by atoms with van der Waals surface area (Å²) in [4.78, 5) is 15.9. The van der Waals surface area contributed by atoms with Gasteiger partial charge in [-0.3, -0.25) is 14.5 Å². The number of benzene rings is 1. The van der Waals surface area contributed by atoms with Crippen molar-refractivity contribution in [1.82, 2.24) is 14.8 Å². The second-order valence-electron chi connectivity index (χ2n) is 6.11. The van der Waals surface area contributed by atoms with Gasteiger partial charge in [-0.1, -0.05) is 6.07 Å². The summed E-state index contributed by atoms with van der Waals surface area (Å²) < 4.78 is 7.50. The van der Waals surface area contributed by atoms with E-state index in [1.807, 2.05) is 45.3 Å². The molecule has 3 aromatic rings. The number of aromatic nitrogens is 3. The third-order valence-electron chi connectivity index (χ3n) is 3.72. The first-order valence-electron chi connectivity index (χ1n) is 7.99. The lowest BCUT2D eigenvalue weighted by atomic mass is 10.0. The molecule has 1 amide bonds. The summed E-state index contributed by atoms with van der Waals surface area (Å²) in [6, 6.07) is 7.38. The topological polar surface area (TPSA) is 83.0 Å². The van der Waals surface area contributed by atoms with Gasteiger partial charge in [-0.15, -0.1) is 0 Å². The molecular weight excluding hydrogens is 316 g/mol. The molecule has 3 rings (SSSR count). The highest BCUT2D eigenvalue weighted by molar-refractivity contribution is 5.96. The average molecular weight is 336 g/mol. The highest BCUT2D eigenvalue weighted by Gasteiger charge is 2.13. The van der Waals surface area contributed by atoms with Crippen LogP contribution in [0.5, 0.6) is 5.75 Å². The molecule has 25 heavy (non-hydrogen) atoms. The number of rotatable bonds is 5. The molecule has 6 heteroatoms. The van der Waals surface area contributed by atoms with Gasteiger partial charge < -0.3 is 10.5 Å². The predicted octanol–water partition coefficient (Wildman–Crippen LogP) is 3.04. The van der Waals surface area contributed by atoms with E-state index in [1.165, 1.54) is 0 Å². The Morgan fingerprint density at radius 3 is 2.40 bits per heavy atom. The lowest BCUT2D eigenvalue weighted by molar-refractivity contribution is 0.0994. The van der Waals surface area contributed by atoms with Crippen molar-refractivity contribution in [3.8, 4) is 28.0 Å². The van der Waals surface area contributed by atoms with Crippen LogP contribution in [0.15, 0.2) is 49.1 Å². The van der Waals surface area contributed by atoms with Crippen molar-refractivity contribution < 1.29 is 9.53 Å². The summed E-state index contributed by atoms with van der Waals surface area (Å²) in [6.45, 7) is 3.81. The summed E-state index contributed by atoms with van der Waals surface area (Å²) in [6.07, 6.45) is 7.24. The van der Waals surface area contributed by atoms with E-state index < -0.39 is 5.91 Å². The number of carbonyl (C=O) groups is 1. The molecule has 0 spiro atoms. The SMILES string of the molecule is CC(C)Oc1cc(-c2cncc(-c3cnn(C)c3)c2)ccc1C(N)=O. The Morgan fingerprint density at radius 1 is 1.08 bits per heavy atom. The first kappa shape index (κ1) is 16.7. The van der Waals surface area contributed by atoms with Gasteiger partial charge in [0.15, 0.2) is 0 Å². The standard InChI is InChI=1S/C19H20N4O2/c1-12(2)25-18-7-13(4-5-17(18)19(20)24)14-6-15(9-21-8-14)16-10-22-23(3)11-16/h4-12H,1-3H3,(H2,20,24). The van der Waals surface area contributed by atoms with Gasteiger partial charge in [-0.05, 0) is 37.6 Å². The maximum absolute atomic E-state index is 11.6. The first-order chi connectivity index (χ1) is 11.9. The predicted molar refractivity (Wildman–Crippen MR) is 96.2 cm³/mol. The van der Waals surface area contributed by atoms with Crippen molar-refractivity contribution in [3.63, 3.8) is 0 Å². The largest absolute Gasteiger partial charge is 0.490 e. The second kappa shape index (κ2) is 6.76. The summed E-state index contributed by atoms with van der Waals surface area (Å²) >= 11 is 0. The van der Waals surface area contributed by atoms with Crippen molar-refractivity contribution in [2.24, 2.45) is 12.8 Å². The van der Waals surface area contributed by atoms with Crippen molar-refractivity contribution in [2.75, 3.05) is 0 Å². The fourth-order valence-corrected chi connectivity index (χ4v) is 2.58. The quantitative estimate of drug-likeness (QED) is 0.776. The first-order valence-corrected chi connectivity index (χ1v) is 7.99. The van der Waals surface area contributed by atoms with Crippen molar-refractivity contribution >= 4 is 5.91 Å². The zero-order valence-electron chi connectivity index (χ0n) is 14.4. The Labute approximate surface area is 146 Å². The normalized spacial score (nSPS) is 10.9. The van der Waals surface area contributed by atoms with Crippen LogP contribution in [0.4, 0.5) is 0 Å². The highest BCUT2D eigenvalue weighted by Crippen LogP contribution is 2.30. The Hall–Kier alpha value is -3.15. The van der Waals surface area contributed by atoms with E-state index in [2.05, 4.69) is 10.1 Å². The van der Waals surface area contributed by atoms with E-state index in [0.29, 0.717) is 11.3 Å². The van der Waals surface area contributed by atoms with Crippen LogP contribution in [0.1, 0.15) is 24.2 Å². The zero-order chi connectivity index (χ0) is 18.0. The molecule has 0 saturated carbocycles. The molecule has 0 atom stereocenters. The molecular formula is C19H20N4O2. The monoisotopic (exact) mass is 336 g/mol. The van der Waals surface area contributed by atoms with E-state index in [0.717, 1.165) is 22.3 Å². The van der Waals surface area contributed by atoms with E-state index in [4.69, 9.17) is 10.5 Å². The summed E-state index contributed by atoms with van der Waals surface area (Å²) in [7, 11) is 1.87. The molecule has 0 radical (unpaired) electrons. The molecule has 0 aliphatic heterocycles. The molecule has 0 unspecified atom stereocenters. The van der Waals surface area contributed by atoms with Crippen molar-refractivity contribution in [2.45, 2.75) is 20.0 Å². The number of aryl methyl sites for hydroxylation is 1. The third kappa shape index (κ3) is 3.68. The number of primary amides is 1. The van der Waals surface area contributed by atoms with Crippen LogP contribution in [0.3, 0.4) is 0 Å². The Kier molecular flexibility index (Phi) is 4.52. The Morgan fingerprint density at radius 2 is 1.80 bits per heavy atom. The molecule has 128 valence electrons. The van der Waals surface area contributed by atoms with Crippen LogP contribution in [0.25, 0.3) is 22.3 Å². The number of nitrogens with two attached hydrogens (primary N) is 1. The molecule has 0 bridgehead atoms. The van der Waals surface area contributed by atoms with Gasteiger partial charge in [-0.25, -0.2) is 0 Å². The van der Waals surface area contributed by atoms with Gasteiger partial charge in [0.05, 0.1) is 17.9 Å². The van der Waals surface area contributed by atoms with Gasteiger partial charge in [0, 0.05) is 42.3 Å². The number of hydrogen-bond donors (Lipinski definition) is 1. The minimum Gasteiger partial charge on any atom is -0.490 e. The molecule has 6 nitrogen and oxygen atoms in total. The minimum absolute atomic E-state index is 0.0618. The average Bonchev–Trinajstić information content (AvgIpc) is 3.00. The zero-order valence-corrected chi connectivity index (χ0v) is 14.4. The van der Waals surface area contributed by atoms with Crippen LogP contribution < -0.4 is 10.5 Å². The summed E-state index contributed by atoms with van der Waals surface area (Å²) in [5.41, 5.74) is 9.59. The smallest absolute Gasteiger partial charge is 0.252 e. The van der Waals surface area contributed by atoms with Crippen molar-refractivity contribution in [3.05, 3.63) is 54.6 Å². The third-order valence-corrected chi connectivity index (χ3v) is 3.72. The maximum atomic E-state index is 11.6. The number of pyridine rings is 1. The van der Waals surface area contributed by atoms with Gasteiger partial charge in [-0.2, -0.15) is 5.10 Å². The van der Waals surface area contributed by atoms with Gasteiger partial charge in [0.1, 0.15) is 5.75 Å². The van der Waals surface area contributed by atoms with Crippen LogP contribution >= 0.6 is 0 Å². The lowest BCUT2D eigenvalue weighted by Crippen LogP contribution is -2.15. The molecule has 0 aliphatic rings. The molecule has 0 saturated heterocycles. The van der Waals surface area contributed by atoms with E-state index >= 15 is 0 Å². The minimum atomic E-state index is -0.510. The Bertz CT molecular complexity index is 915. The van der Waals surface area contributed by atoms with Gasteiger partial charge in [0.2, 0.25) is 0 Å². The van der Waals surface area contributed by atoms with Crippen LogP contribution in [0, 0.1) is 0 Å². The van der Waals surface area contributed by atoms with E-state index in [9.17, 15) is 4.79 Å². The number of ether oxygens (including phenoxy) is 1. The number of carbonyl (C=O) groups excluding carboxylic acids is 1. The van der Waals surface area contributed by atoms with Crippen molar-refractivity contribution in [1.29, 1.82) is 0 Å². The molecule has 2 N–H and O–H groups in total. The van der Waals surface area contributed by atoms with Crippen LogP contribution in [0.2, 0.25) is 0 Å². The molecule has 1 aromatic carbocycles. The summed E-state index contributed by atoms with van der Waals surface area (Å²) in [5, 5.41) is 4.19. The van der Waals surface area contributed by atoms with Gasteiger partial charge in [0.25, 0.3) is 5.91 Å². The fraction of sp³-hybridized carbons (Fsp3) is 0.211. The lowest BCUT2D eigenvalue weighted by Gasteiger charge is -2.14. The number of hydrogen-bond acceptors (Lipinski definition) is 4. The second-order valence-corrected chi connectivity index (χ2v) is 6.11. The highest BCUT2D eigenvalue weighted by atomic mass is 16.5. The molecule has 0 fully saturated rings. The van der Waals surface area contributed by atoms with E-state index in [1.54, 1.807) is 29.3 Å². The molecule has 2 heterocycles. The van der Waals surface area contributed by atoms with Crippen LogP contribution in [-0.2, 0) is 7.05 Å².